The number of rotatable bonds is 8. The van der Waals surface area contributed by atoms with Crippen LogP contribution in [0, 0.1) is 0 Å². The third kappa shape index (κ3) is 4.50. The van der Waals surface area contributed by atoms with E-state index in [0.29, 0.717) is 11.5 Å². The van der Waals surface area contributed by atoms with Gasteiger partial charge in [0.25, 0.3) is 0 Å². The maximum Gasteiger partial charge on any atom is 0.338 e. The summed E-state index contributed by atoms with van der Waals surface area (Å²) in [6.45, 7) is -0.0951. The van der Waals surface area contributed by atoms with E-state index in [-0.39, 0.29) is 28.9 Å². The van der Waals surface area contributed by atoms with Crippen molar-refractivity contribution in [3.05, 3.63) is 53.0 Å². The van der Waals surface area contributed by atoms with Gasteiger partial charge >= 0.3 is 5.97 Å². The lowest BCUT2D eigenvalue weighted by atomic mass is 10.2. The fraction of sp³-hybridized carbons (Fsp3) is 0.263. The molecule has 3 aromatic rings. The smallest absolute Gasteiger partial charge is 0.338 e. The molecule has 0 saturated heterocycles. The number of ether oxygens (including phenoxy) is 2. The summed E-state index contributed by atoms with van der Waals surface area (Å²) in [5.41, 5.74) is 0.558. The number of hydrogen-bond acceptors (Lipinski definition) is 8. The van der Waals surface area contributed by atoms with E-state index in [2.05, 4.69) is 9.88 Å². The first-order valence-electron chi connectivity index (χ1n) is 8.83. The number of esters is 1. The summed E-state index contributed by atoms with van der Waals surface area (Å²) < 4.78 is 43.4. The van der Waals surface area contributed by atoms with E-state index in [1.807, 2.05) is 17.5 Å². The van der Waals surface area contributed by atoms with Gasteiger partial charge in [-0.3, -0.25) is 0 Å². The number of nitrogens with zero attached hydrogens (tertiary/aromatic N) is 1. The van der Waals surface area contributed by atoms with Gasteiger partial charge in [0.2, 0.25) is 10.0 Å². The quantitative estimate of drug-likeness (QED) is 0.542. The molecule has 1 fully saturated rings. The molecule has 0 bridgehead atoms. The average molecular weight is 434 g/mol. The molecule has 152 valence electrons. The van der Waals surface area contributed by atoms with Crippen molar-refractivity contribution in [2.75, 3.05) is 7.11 Å². The van der Waals surface area contributed by atoms with E-state index in [4.69, 9.17) is 14.0 Å². The van der Waals surface area contributed by atoms with Gasteiger partial charge in [0.1, 0.15) is 22.9 Å². The summed E-state index contributed by atoms with van der Waals surface area (Å²) in [4.78, 5) is 13.3. The molecule has 4 rings (SSSR count). The number of methoxy groups -OCH3 is 1. The highest BCUT2D eigenvalue weighted by Crippen LogP contribution is 2.29. The van der Waals surface area contributed by atoms with Crippen molar-refractivity contribution in [3.8, 4) is 16.4 Å². The minimum atomic E-state index is -3.79. The Morgan fingerprint density at radius 2 is 2.14 bits per heavy atom. The molecule has 2 aromatic heterocycles. The van der Waals surface area contributed by atoms with E-state index in [0.717, 1.165) is 17.7 Å². The Kier molecular flexibility index (Phi) is 5.39. The van der Waals surface area contributed by atoms with Gasteiger partial charge in [0.15, 0.2) is 5.76 Å². The predicted octanol–water partition coefficient (Wildman–Crippen LogP) is 3.21. The number of aromatic nitrogens is 1. The summed E-state index contributed by atoms with van der Waals surface area (Å²) in [5.74, 6) is 0.0815. The van der Waals surface area contributed by atoms with Crippen molar-refractivity contribution < 1.29 is 27.2 Å². The van der Waals surface area contributed by atoms with Crippen LogP contribution in [-0.4, -0.2) is 32.7 Å². The fourth-order valence-corrected chi connectivity index (χ4v) is 4.81. The van der Waals surface area contributed by atoms with Crippen LogP contribution >= 0.6 is 11.3 Å². The van der Waals surface area contributed by atoms with Gasteiger partial charge in [-0.1, -0.05) is 11.2 Å². The summed E-state index contributed by atoms with van der Waals surface area (Å²) in [5, 5.41) is 5.81. The molecule has 0 atom stereocenters. The number of carbonyl (C=O) groups excluding carboxylic acids is 1. The van der Waals surface area contributed by atoms with Crippen molar-refractivity contribution in [2.24, 2.45) is 0 Å². The zero-order valence-corrected chi connectivity index (χ0v) is 17.1. The first-order valence-corrected chi connectivity index (χ1v) is 11.2. The normalized spacial score (nSPS) is 14.0. The van der Waals surface area contributed by atoms with Gasteiger partial charge in [-0.2, -0.15) is 0 Å². The molecule has 1 saturated carbocycles. The molecule has 0 spiro atoms. The number of sulfonamides is 1. The molecule has 1 aliphatic carbocycles. The van der Waals surface area contributed by atoms with Gasteiger partial charge in [-0.25, -0.2) is 17.9 Å². The van der Waals surface area contributed by atoms with Crippen LogP contribution in [0.25, 0.3) is 10.6 Å². The number of hydrogen-bond donors (Lipinski definition) is 1. The van der Waals surface area contributed by atoms with Crippen LogP contribution in [0.15, 0.2) is 51.2 Å². The number of nitrogens with one attached hydrogen (secondary N) is 1. The van der Waals surface area contributed by atoms with E-state index in [9.17, 15) is 13.2 Å². The maximum atomic E-state index is 12.6. The Morgan fingerprint density at radius 1 is 1.31 bits per heavy atom. The van der Waals surface area contributed by atoms with Crippen LogP contribution in [-0.2, 0) is 21.4 Å². The molecule has 1 N–H and O–H groups in total. The summed E-state index contributed by atoms with van der Waals surface area (Å²) in [6, 6.07) is 9.57. The van der Waals surface area contributed by atoms with Gasteiger partial charge in [0, 0.05) is 12.1 Å². The number of carbonyl (C=O) groups is 1. The average Bonchev–Trinajstić information content (AvgIpc) is 3.18. The van der Waals surface area contributed by atoms with Crippen LogP contribution in [0.2, 0.25) is 0 Å². The van der Waals surface area contributed by atoms with Crippen molar-refractivity contribution in [1.29, 1.82) is 0 Å². The molecule has 1 aliphatic rings. The SMILES string of the molecule is COc1ccc(C(=O)OCc2cc(-c3cccs3)on2)cc1S(=O)(=O)NC1CC1. The topological polar surface area (TPSA) is 108 Å². The van der Waals surface area contributed by atoms with E-state index in [1.165, 1.54) is 36.6 Å². The lowest BCUT2D eigenvalue weighted by Crippen LogP contribution is -2.26. The van der Waals surface area contributed by atoms with Crippen LogP contribution in [0.5, 0.6) is 5.75 Å². The molecule has 10 heteroatoms. The Labute approximate surface area is 171 Å². The zero-order valence-electron chi connectivity index (χ0n) is 15.5. The van der Waals surface area contributed by atoms with E-state index < -0.39 is 16.0 Å². The Balaban J connectivity index is 1.48. The molecular weight excluding hydrogens is 416 g/mol. The van der Waals surface area contributed by atoms with E-state index in [1.54, 1.807) is 6.07 Å². The molecule has 8 nitrogen and oxygen atoms in total. The molecule has 0 aliphatic heterocycles. The molecule has 0 amide bonds. The third-order valence-corrected chi connectivity index (χ3v) is 6.69. The second-order valence-corrected chi connectivity index (χ2v) is 9.13. The third-order valence-electron chi connectivity index (χ3n) is 4.26. The predicted molar refractivity (Wildman–Crippen MR) is 105 cm³/mol. The largest absolute Gasteiger partial charge is 0.495 e. The van der Waals surface area contributed by atoms with E-state index >= 15 is 0 Å². The monoisotopic (exact) mass is 434 g/mol. The van der Waals surface area contributed by atoms with Crippen LogP contribution in [0.1, 0.15) is 28.9 Å². The highest BCUT2D eigenvalue weighted by Gasteiger charge is 2.30. The Hall–Kier alpha value is -2.69. The van der Waals surface area contributed by atoms with Crippen LogP contribution in [0.4, 0.5) is 0 Å². The van der Waals surface area contributed by atoms with Gasteiger partial charge in [-0.15, -0.1) is 11.3 Å². The molecule has 29 heavy (non-hydrogen) atoms. The molecular formula is C19H18N2O6S2. The second-order valence-electron chi connectivity index (χ2n) is 6.50. The fourth-order valence-electron chi connectivity index (χ4n) is 2.64. The zero-order chi connectivity index (χ0) is 20.4. The molecule has 0 radical (unpaired) electrons. The van der Waals surface area contributed by atoms with Crippen molar-refractivity contribution >= 4 is 27.3 Å². The highest BCUT2D eigenvalue weighted by molar-refractivity contribution is 7.89. The maximum absolute atomic E-state index is 12.6. The van der Waals surface area contributed by atoms with Gasteiger partial charge < -0.3 is 14.0 Å². The summed E-state index contributed by atoms with van der Waals surface area (Å²) in [6.07, 6.45) is 1.60. The lowest BCUT2D eigenvalue weighted by Gasteiger charge is -2.12. The minimum Gasteiger partial charge on any atom is -0.495 e. The summed E-state index contributed by atoms with van der Waals surface area (Å²) in [7, 11) is -2.42. The first-order chi connectivity index (χ1) is 14.0. The summed E-state index contributed by atoms with van der Waals surface area (Å²) >= 11 is 1.51. The minimum absolute atomic E-state index is 0.0648. The Morgan fingerprint density at radius 3 is 2.83 bits per heavy atom. The highest BCUT2D eigenvalue weighted by atomic mass is 32.2. The van der Waals surface area contributed by atoms with Crippen LogP contribution < -0.4 is 9.46 Å². The molecule has 0 unspecified atom stereocenters. The van der Waals surface area contributed by atoms with Crippen molar-refractivity contribution in [1.82, 2.24) is 9.88 Å². The first kappa shape index (κ1) is 19.6. The van der Waals surface area contributed by atoms with Crippen LogP contribution in [0.3, 0.4) is 0 Å². The molecule has 2 heterocycles. The molecule has 1 aromatic carbocycles. The van der Waals surface area contributed by atoms with Crippen molar-refractivity contribution in [3.63, 3.8) is 0 Å². The van der Waals surface area contributed by atoms with Gasteiger partial charge in [-0.05, 0) is 42.5 Å². The standard InChI is InChI=1S/C19H18N2O6S2/c1-25-15-7-4-12(9-18(15)29(23,24)21-13-5-6-13)19(22)26-11-14-10-16(27-20-14)17-3-2-8-28-17/h2-4,7-10,13,21H,5-6,11H2,1H3. The lowest BCUT2D eigenvalue weighted by molar-refractivity contribution is 0.0464. The van der Waals surface area contributed by atoms with Gasteiger partial charge in [0.05, 0.1) is 17.6 Å². The van der Waals surface area contributed by atoms with Crippen molar-refractivity contribution in [2.45, 2.75) is 30.4 Å². The second kappa shape index (κ2) is 7.97. The number of benzene rings is 1. The Bertz CT molecular complexity index is 1120. The number of thiophene rings is 1.